The molecular weight excluding hydrogens is 500 g/mol. The molecule has 2 aliphatic heterocycles. The van der Waals surface area contributed by atoms with Gasteiger partial charge in [0.25, 0.3) is 0 Å². The zero-order valence-corrected chi connectivity index (χ0v) is 20.8. The van der Waals surface area contributed by atoms with E-state index in [0.717, 1.165) is 10.4 Å². The number of sulfonamides is 1. The highest BCUT2D eigenvalue weighted by atomic mass is 35.5. The van der Waals surface area contributed by atoms with Gasteiger partial charge in [-0.2, -0.15) is 9.57 Å². The van der Waals surface area contributed by atoms with Crippen LogP contribution < -0.4 is 5.32 Å². The summed E-state index contributed by atoms with van der Waals surface area (Å²) < 4.78 is 32.6. The standard InChI is InChI=1S/C22H23ClN4O5S2/c1-2-32-22(29)26-11-9-16-17(12-24)21(33-19(16)13-26)25-20(28)18-4-3-10-27(18)34(30,31)15-7-5-14(23)6-8-15/h5-8,18H,2-4,9-11,13H2,1H3,(H,25,28). The second kappa shape index (κ2) is 9.92. The van der Waals surface area contributed by atoms with Crippen LogP contribution in [0.25, 0.3) is 0 Å². The number of ether oxygens (including phenoxy) is 1. The number of carbonyl (C=O) groups is 2. The molecule has 2 amide bonds. The van der Waals surface area contributed by atoms with Crippen molar-refractivity contribution < 1.29 is 22.7 Å². The predicted molar refractivity (Wildman–Crippen MR) is 127 cm³/mol. The molecule has 180 valence electrons. The lowest BCUT2D eigenvalue weighted by molar-refractivity contribution is -0.119. The lowest BCUT2D eigenvalue weighted by Crippen LogP contribution is -2.43. The van der Waals surface area contributed by atoms with Gasteiger partial charge in [0.2, 0.25) is 15.9 Å². The Bertz CT molecular complexity index is 1250. The van der Waals surface area contributed by atoms with Gasteiger partial charge in [0.05, 0.1) is 23.6 Å². The maximum atomic E-state index is 13.2. The van der Waals surface area contributed by atoms with Crippen molar-refractivity contribution in [2.75, 3.05) is 25.0 Å². The van der Waals surface area contributed by atoms with E-state index >= 15 is 0 Å². The average Bonchev–Trinajstić information content (AvgIpc) is 3.44. The van der Waals surface area contributed by atoms with Crippen molar-refractivity contribution in [1.82, 2.24) is 9.21 Å². The van der Waals surface area contributed by atoms with Gasteiger partial charge in [-0.1, -0.05) is 11.6 Å². The van der Waals surface area contributed by atoms with Crippen LogP contribution in [-0.4, -0.2) is 55.4 Å². The van der Waals surface area contributed by atoms with Gasteiger partial charge < -0.3 is 15.0 Å². The monoisotopic (exact) mass is 522 g/mol. The molecule has 1 atom stereocenters. The van der Waals surface area contributed by atoms with E-state index in [0.29, 0.717) is 47.9 Å². The van der Waals surface area contributed by atoms with Gasteiger partial charge in [-0.15, -0.1) is 11.3 Å². The molecule has 9 nitrogen and oxygen atoms in total. The third kappa shape index (κ3) is 4.63. The van der Waals surface area contributed by atoms with Crippen molar-refractivity contribution in [3.63, 3.8) is 0 Å². The lowest BCUT2D eigenvalue weighted by atomic mass is 10.0. The number of benzene rings is 1. The minimum Gasteiger partial charge on any atom is -0.450 e. The SMILES string of the molecule is CCOC(=O)N1CCc2c(sc(NC(=O)C3CCCN3S(=O)(=O)c3ccc(Cl)cc3)c2C#N)C1. The first kappa shape index (κ1) is 24.5. The van der Waals surface area contributed by atoms with Crippen LogP contribution in [0.5, 0.6) is 0 Å². The summed E-state index contributed by atoms with van der Waals surface area (Å²) in [6, 6.07) is 7.10. The summed E-state index contributed by atoms with van der Waals surface area (Å²) in [6.45, 7) is 2.95. The summed E-state index contributed by atoms with van der Waals surface area (Å²) in [4.78, 5) is 27.7. The molecule has 3 heterocycles. The number of fused-ring (bicyclic) bond motifs is 1. The van der Waals surface area contributed by atoms with E-state index in [1.165, 1.54) is 39.9 Å². The number of rotatable bonds is 5. The van der Waals surface area contributed by atoms with Gasteiger partial charge in [0.15, 0.2) is 0 Å². The number of amides is 2. The molecule has 0 bridgehead atoms. The molecule has 1 aromatic heterocycles. The summed E-state index contributed by atoms with van der Waals surface area (Å²) in [5.74, 6) is -0.479. The van der Waals surface area contributed by atoms with E-state index in [1.54, 1.807) is 11.8 Å². The highest BCUT2D eigenvalue weighted by molar-refractivity contribution is 7.89. The highest BCUT2D eigenvalue weighted by Crippen LogP contribution is 2.37. The molecule has 1 fully saturated rings. The molecule has 0 saturated carbocycles. The number of nitrogens with zero attached hydrogens (tertiary/aromatic N) is 3. The Morgan fingerprint density at radius 2 is 2.03 bits per heavy atom. The molecule has 12 heteroatoms. The number of hydrogen-bond donors (Lipinski definition) is 1. The van der Waals surface area contributed by atoms with Crippen molar-refractivity contribution in [2.45, 2.75) is 43.7 Å². The van der Waals surface area contributed by atoms with Crippen molar-refractivity contribution >= 4 is 50.0 Å². The summed E-state index contributed by atoms with van der Waals surface area (Å²) in [5, 5.41) is 13.3. The maximum Gasteiger partial charge on any atom is 0.410 e. The number of nitrogens with one attached hydrogen (secondary N) is 1. The number of thiophene rings is 1. The number of carbonyl (C=O) groups excluding carboxylic acids is 2. The van der Waals surface area contributed by atoms with Crippen LogP contribution in [0.2, 0.25) is 5.02 Å². The first-order valence-corrected chi connectivity index (χ1v) is 13.4. The fourth-order valence-corrected chi connectivity index (χ4v) is 7.21. The van der Waals surface area contributed by atoms with Crippen LogP contribution in [0.1, 0.15) is 35.8 Å². The normalized spacial score (nSPS) is 18.3. The molecule has 2 aliphatic rings. The van der Waals surface area contributed by atoms with Crippen LogP contribution >= 0.6 is 22.9 Å². The Hall–Kier alpha value is -2.65. The van der Waals surface area contributed by atoms with Crippen LogP contribution in [-0.2, 0) is 32.5 Å². The van der Waals surface area contributed by atoms with Crippen LogP contribution in [0.4, 0.5) is 9.80 Å². The molecule has 1 aromatic carbocycles. The number of halogens is 1. The zero-order valence-electron chi connectivity index (χ0n) is 18.4. The highest BCUT2D eigenvalue weighted by Gasteiger charge is 2.40. The fourth-order valence-electron chi connectivity index (χ4n) is 4.21. The minimum atomic E-state index is -3.89. The largest absolute Gasteiger partial charge is 0.450 e. The topological polar surface area (TPSA) is 120 Å². The minimum absolute atomic E-state index is 0.0694. The molecule has 2 aromatic rings. The number of anilines is 1. The third-order valence-electron chi connectivity index (χ3n) is 5.86. The zero-order chi connectivity index (χ0) is 24.5. The molecule has 34 heavy (non-hydrogen) atoms. The summed E-state index contributed by atoms with van der Waals surface area (Å²) >= 11 is 7.11. The Balaban J connectivity index is 1.54. The van der Waals surface area contributed by atoms with E-state index in [2.05, 4.69) is 11.4 Å². The van der Waals surface area contributed by atoms with E-state index in [-0.39, 0.29) is 18.0 Å². The van der Waals surface area contributed by atoms with E-state index in [4.69, 9.17) is 16.3 Å². The van der Waals surface area contributed by atoms with Crippen molar-refractivity contribution in [2.24, 2.45) is 0 Å². The van der Waals surface area contributed by atoms with Gasteiger partial charge >= 0.3 is 6.09 Å². The summed E-state index contributed by atoms with van der Waals surface area (Å²) in [6.07, 6.45) is 0.983. The molecule has 0 aliphatic carbocycles. The van der Waals surface area contributed by atoms with Gasteiger partial charge in [0, 0.05) is 23.0 Å². The van der Waals surface area contributed by atoms with Gasteiger partial charge in [-0.05, 0) is 56.0 Å². The molecule has 1 N–H and O–H groups in total. The van der Waals surface area contributed by atoms with E-state index in [9.17, 15) is 23.3 Å². The molecule has 1 unspecified atom stereocenters. The van der Waals surface area contributed by atoms with Crippen molar-refractivity contribution in [1.29, 1.82) is 5.26 Å². The molecular formula is C22H23ClN4O5S2. The average molecular weight is 523 g/mol. The molecule has 4 rings (SSSR count). The second-order valence-electron chi connectivity index (χ2n) is 7.91. The Morgan fingerprint density at radius 3 is 2.71 bits per heavy atom. The quantitative estimate of drug-likeness (QED) is 0.641. The Labute approximate surface area is 206 Å². The van der Waals surface area contributed by atoms with E-state index < -0.39 is 28.1 Å². The lowest BCUT2D eigenvalue weighted by Gasteiger charge is -2.25. The predicted octanol–water partition coefficient (Wildman–Crippen LogP) is 3.58. The first-order valence-electron chi connectivity index (χ1n) is 10.8. The van der Waals surface area contributed by atoms with Gasteiger partial charge in [0.1, 0.15) is 17.1 Å². The number of hydrogen-bond acceptors (Lipinski definition) is 7. The second-order valence-corrected chi connectivity index (χ2v) is 11.3. The number of nitriles is 1. The first-order chi connectivity index (χ1) is 16.3. The van der Waals surface area contributed by atoms with Gasteiger partial charge in [-0.25, -0.2) is 13.2 Å². The van der Waals surface area contributed by atoms with Crippen LogP contribution in [0, 0.1) is 11.3 Å². The summed E-state index contributed by atoms with van der Waals surface area (Å²) in [5.41, 5.74) is 1.17. The van der Waals surface area contributed by atoms with Crippen molar-refractivity contribution in [3.8, 4) is 6.07 Å². The van der Waals surface area contributed by atoms with Gasteiger partial charge in [-0.3, -0.25) is 4.79 Å². The molecule has 1 saturated heterocycles. The molecule has 0 radical (unpaired) electrons. The summed E-state index contributed by atoms with van der Waals surface area (Å²) in [7, 11) is -3.89. The van der Waals surface area contributed by atoms with Crippen LogP contribution in [0.15, 0.2) is 29.2 Å². The van der Waals surface area contributed by atoms with E-state index in [1.807, 2.05) is 0 Å². The van der Waals surface area contributed by atoms with Crippen molar-refractivity contribution in [3.05, 3.63) is 45.3 Å². The fraction of sp³-hybridized carbons (Fsp3) is 0.409. The maximum absolute atomic E-state index is 13.2. The Morgan fingerprint density at radius 1 is 1.29 bits per heavy atom. The smallest absolute Gasteiger partial charge is 0.410 e. The third-order valence-corrected chi connectivity index (χ3v) is 9.16. The Kier molecular flexibility index (Phi) is 7.14. The van der Waals surface area contributed by atoms with Crippen LogP contribution in [0.3, 0.4) is 0 Å². The molecule has 0 spiro atoms.